The molecule has 126 valence electrons. The van der Waals surface area contributed by atoms with Gasteiger partial charge in [0.25, 0.3) is 11.8 Å². The monoisotopic (exact) mass is 332 g/mol. The number of halogens is 1. The van der Waals surface area contributed by atoms with Crippen LogP contribution in [-0.4, -0.2) is 47.2 Å². The maximum Gasteiger partial charge on any atom is 0.257 e. The number of carbonyl (C=O) groups is 1. The van der Waals surface area contributed by atoms with E-state index in [-0.39, 0.29) is 23.9 Å². The number of hydrogen-bond acceptors (Lipinski definition) is 5. The highest BCUT2D eigenvalue weighted by atomic mass is 19.1. The molecule has 0 unspecified atom stereocenters. The Bertz CT molecular complexity index is 721. The summed E-state index contributed by atoms with van der Waals surface area (Å²) < 4.78 is 30.5. The molecule has 1 aliphatic heterocycles. The van der Waals surface area contributed by atoms with E-state index in [0.29, 0.717) is 18.7 Å². The fourth-order valence-corrected chi connectivity index (χ4v) is 3.44. The van der Waals surface area contributed by atoms with Crippen molar-refractivity contribution < 1.29 is 23.1 Å². The Hall–Kier alpha value is -2.41. The first-order valence-electron chi connectivity index (χ1n) is 7.96. The number of aromatic nitrogens is 1. The summed E-state index contributed by atoms with van der Waals surface area (Å²) in [6.07, 6.45) is 5.27. The van der Waals surface area contributed by atoms with Gasteiger partial charge in [0.05, 0.1) is 30.6 Å². The molecular weight excluding hydrogens is 315 g/mol. The van der Waals surface area contributed by atoms with Crippen LogP contribution in [0.3, 0.4) is 0 Å². The Labute approximate surface area is 138 Å². The number of carbonyl (C=O) groups excluding carboxylic acids is 1. The van der Waals surface area contributed by atoms with Gasteiger partial charge in [0, 0.05) is 12.7 Å². The predicted octanol–water partition coefficient (Wildman–Crippen LogP) is 2.26. The van der Waals surface area contributed by atoms with Crippen molar-refractivity contribution in [2.45, 2.75) is 31.1 Å². The molecule has 2 bridgehead atoms. The van der Waals surface area contributed by atoms with E-state index in [1.807, 2.05) is 0 Å². The number of amides is 1. The number of hydrogen-bond donors (Lipinski definition) is 0. The number of furan rings is 1. The van der Waals surface area contributed by atoms with Gasteiger partial charge in [0.2, 0.25) is 0 Å². The van der Waals surface area contributed by atoms with Crippen LogP contribution in [0, 0.1) is 5.82 Å². The molecular formula is C17H17FN2O4. The molecule has 2 fully saturated rings. The lowest BCUT2D eigenvalue weighted by molar-refractivity contribution is 0.000308. The first-order valence-corrected chi connectivity index (χ1v) is 7.96. The Morgan fingerprint density at radius 1 is 1.38 bits per heavy atom. The highest BCUT2D eigenvalue weighted by molar-refractivity contribution is 5.94. The van der Waals surface area contributed by atoms with E-state index < -0.39 is 11.9 Å². The molecule has 0 aromatic carbocycles. The maximum atomic E-state index is 13.9. The van der Waals surface area contributed by atoms with Crippen LogP contribution in [0.1, 0.15) is 23.2 Å². The fourth-order valence-electron chi connectivity index (χ4n) is 3.44. The second-order valence-corrected chi connectivity index (χ2v) is 5.94. The molecule has 1 saturated carbocycles. The van der Waals surface area contributed by atoms with Crippen LogP contribution >= 0.6 is 0 Å². The highest BCUT2D eigenvalue weighted by Gasteiger charge is 2.46. The lowest BCUT2D eigenvalue weighted by Crippen LogP contribution is -2.47. The summed E-state index contributed by atoms with van der Waals surface area (Å²) in [7, 11) is 0. The van der Waals surface area contributed by atoms with Crippen LogP contribution in [0.2, 0.25) is 0 Å². The van der Waals surface area contributed by atoms with Crippen molar-refractivity contribution >= 4 is 5.91 Å². The number of nitrogens with zero attached hydrogens (tertiary/aromatic N) is 2. The van der Waals surface area contributed by atoms with Crippen LogP contribution in [0.5, 0.6) is 5.88 Å². The van der Waals surface area contributed by atoms with Gasteiger partial charge in [-0.15, -0.1) is 0 Å². The summed E-state index contributed by atoms with van der Waals surface area (Å²) in [6, 6.07) is 4.27. The first kappa shape index (κ1) is 15.1. The molecule has 0 radical (unpaired) electrons. The van der Waals surface area contributed by atoms with Gasteiger partial charge in [-0.1, -0.05) is 0 Å². The van der Waals surface area contributed by atoms with Crippen molar-refractivity contribution in [3.63, 3.8) is 0 Å². The Kier molecular flexibility index (Phi) is 3.93. The lowest BCUT2D eigenvalue weighted by atomic mass is 10.1. The third-order valence-corrected chi connectivity index (χ3v) is 4.56. The van der Waals surface area contributed by atoms with Gasteiger partial charge in [-0.3, -0.25) is 4.79 Å². The summed E-state index contributed by atoms with van der Waals surface area (Å²) in [5, 5.41) is 0. The SMILES string of the molecule is O=C(c1ccoc1)N1CCO[C@H]2CC[C@H]1[C@H]2Oc1ncccc1F. The van der Waals surface area contributed by atoms with Gasteiger partial charge >= 0.3 is 0 Å². The molecule has 2 aromatic heterocycles. The van der Waals surface area contributed by atoms with Crippen LogP contribution < -0.4 is 4.74 Å². The molecule has 4 rings (SSSR count). The predicted molar refractivity (Wildman–Crippen MR) is 81.1 cm³/mol. The third-order valence-electron chi connectivity index (χ3n) is 4.56. The van der Waals surface area contributed by atoms with Gasteiger partial charge < -0.3 is 18.8 Å². The molecule has 6 nitrogen and oxygen atoms in total. The summed E-state index contributed by atoms with van der Waals surface area (Å²) in [5.74, 6) is -0.704. The average Bonchev–Trinajstić information content (AvgIpc) is 3.18. The van der Waals surface area contributed by atoms with E-state index >= 15 is 0 Å². The van der Waals surface area contributed by atoms with Gasteiger partial charge in [-0.25, -0.2) is 9.37 Å². The van der Waals surface area contributed by atoms with Gasteiger partial charge in [-0.2, -0.15) is 0 Å². The van der Waals surface area contributed by atoms with Crippen molar-refractivity contribution in [2.24, 2.45) is 0 Å². The Morgan fingerprint density at radius 2 is 2.29 bits per heavy atom. The molecule has 1 aliphatic carbocycles. The molecule has 3 heterocycles. The van der Waals surface area contributed by atoms with E-state index in [1.165, 1.54) is 30.9 Å². The second kappa shape index (κ2) is 6.24. The smallest absolute Gasteiger partial charge is 0.257 e. The summed E-state index contributed by atoms with van der Waals surface area (Å²) in [6.45, 7) is 0.894. The van der Waals surface area contributed by atoms with Crippen molar-refractivity contribution in [2.75, 3.05) is 13.2 Å². The molecule has 1 amide bonds. The minimum Gasteiger partial charge on any atom is -0.472 e. The zero-order chi connectivity index (χ0) is 16.5. The molecule has 0 N–H and O–H groups in total. The van der Waals surface area contributed by atoms with Crippen LogP contribution in [0.4, 0.5) is 4.39 Å². The third kappa shape index (κ3) is 2.65. The van der Waals surface area contributed by atoms with Crippen LogP contribution in [0.15, 0.2) is 41.3 Å². The van der Waals surface area contributed by atoms with E-state index in [2.05, 4.69) is 4.98 Å². The van der Waals surface area contributed by atoms with Gasteiger partial charge in [0.15, 0.2) is 5.82 Å². The fraction of sp³-hybridized carbons (Fsp3) is 0.412. The molecule has 24 heavy (non-hydrogen) atoms. The minimum absolute atomic E-state index is 0.0550. The standard InChI is InChI=1S/C17H17FN2O4/c18-12-2-1-6-19-16(12)24-15-13-3-4-14(15)23-9-7-20(13)17(21)11-5-8-22-10-11/h1-2,5-6,8,10,13-15H,3-4,7,9H2/t13-,14-,15+/m0/s1. The van der Waals surface area contributed by atoms with E-state index in [4.69, 9.17) is 13.9 Å². The normalized spacial score (nSPS) is 26.2. The van der Waals surface area contributed by atoms with Gasteiger partial charge in [-0.05, 0) is 31.0 Å². The summed E-state index contributed by atoms with van der Waals surface area (Å²) >= 11 is 0. The number of fused-ring (bicyclic) bond motifs is 2. The van der Waals surface area contributed by atoms with Gasteiger partial charge in [0.1, 0.15) is 12.4 Å². The maximum absolute atomic E-state index is 13.9. The topological polar surface area (TPSA) is 64.8 Å². The number of rotatable bonds is 3. The van der Waals surface area contributed by atoms with Crippen molar-refractivity contribution in [3.05, 3.63) is 48.3 Å². The van der Waals surface area contributed by atoms with Crippen molar-refractivity contribution in [1.29, 1.82) is 0 Å². The molecule has 2 aliphatic rings. The van der Waals surface area contributed by atoms with E-state index in [9.17, 15) is 9.18 Å². The van der Waals surface area contributed by atoms with E-state index in [0.717, 1.165) is 12.8 Å². The number of pyridine rings is 1. The van der Waals surface area contributed by atoms with Crippen LogP contribution in [0.25, 0.3) is 0 Å². The summed E-state index contributed by atoms with van der Waals surface area (Å²) in [4.78, 5) is 18.4. The average molecular weight is 332 g/mol. The number of ether oxygens (including phenoxy) is 2. The van der Waals surface area contributed by atoms with Crippen molar-refractivity contribution in [1.82, 2.24) is 9.88 Å². The zero-order valence-corrected chi connectivity index (χ0v) is 12.9. The Balaban J connectivity index is 1.60. The quantitative estimate of drug-likeness (QED) is 0.863. The second-order valence-electron chi connectivity index (χ2n) is 5.94. The molecule has 0 spiro atoms. The molecule has 1 saturated heterocycles. The highest BCUT2D eigenvalue weighted by Crippen LogP contribution is 2.33. The minimum atomic E-state index is -0.520. The molecule has 2 aromatic rings. The first-order chi connectivity index (χ1) is 11.7. The van der Waals surface area contributed by atoms with Crippen molar-refractivity contribution in [3.8, 4) is 5.88 Å². The van der Waals surface area contributed by atoms with Crippen LogP contribution in [-0.2, 0) is 4.74 Å². The van der Waals surface area contributed by atoms with E-state index in [1.54, 1.807) is 11.0 Å². The molecule has 7 heteroatoms. The Morgan fingerprint density at radius 3 is 3.08 bits per heavy atom. The largest absolute Gasteiger partial charge is 0.472 e. The zero-order valence-electron chi connectivity index (χ0n) is 12.9. The lowest BCUT2D eigenvalue weighted by Gasteiger charge is -2.31. The summed E-state index contributed by atoms with van der Waals surface area (Å²) in [5.41, 5.74) is 0.489. The molecule has 3 atom stereocenters.